The number of anilines is 6. The molecule has 0 bridgehead atoms. The number of alkyl halides is 1. The first-order valence-corrected chi connectivity index (χ1v) is 29.1. The third kappa shape index (κ3) is 12.8. The van der Waals surface area contributed by atoms with Crippen LogP contribution in [-0.4, -0.2) is 125 Å². The van der Waals surface area contributed by atoms with Crippen molar-refractivity contribution in [3.63, 3.8) is 0 Å². The summed E-state index contributed by atoms with van der Waals surface area (Å²) in [6, 6.07) is 18.1. The van der Waals surface area contributed by atoms with E-state index in [0.717, 1.165) is 64.3 Å². The lowest BCUT2D eigenvalue weighted by Crippen LogP contribution is -2.53. The lowest BCUT2D eigenvalue weighted by atomic mass is 10.0. The topological polar surface area (TPSA) is 261 Å². The Hall–Kier alpha value is -7.76. The first-order valence-electron chi connectivity index (χ1n) is 27.5. The van der Waals surface area contributed by atoms with Gasteiger partial charge < -0.3 is 35.2 Å². The van der Waals surface area contributed by atoms with Crippen molar-refractivity contribution in [1.82, 2.24) is 40.0 Å². The smallest absolute Gasteiger partial charge is 0.410 e. The maximum atomic E-state index is 13.4. The van der Waals surface area contributed by atoms with Crippen molar-refractivity contribution in [3.8, 4) is 0 Å². The molecule has 5 N–H and O–H groups in total. The number of benzene rings is 4. The molecule has 6 aliphatic rings. The molecule has 0 aliphatic carbocycles. The summed E-state index contributed by atoms with van der Waals surface area (Å²) in [4.78, 5) is 101. The number of nitrogens with zero attached hydrogens (tertiary/aromatic N) is 7. The Morgan fingerprint density at radius 1 is 0.590 bits per heavy atom. The van der Waals surface area contributed by atoms with Crippen LogP contribution in [0.5, 0.6) is 0 Å². The van der Waals surface area contributed by atoms with Crippen LogP contribution in [0.25, 0.3) is 21.5 Å². The first-order chi connectivity index (χ1) is 39.4. The van der Waals surface area contributed by atoms with Crippen molar-refractivity contribution in [1.29, 1.82) is 0 Å². The van der Waals surface area contributed by atoms with Crippen LogP contribution < -0.4 is 31.5 Å². The Kier molecular flexibility index (Phi) is 16.5. The predicted molar refractivity (Wildman–Crippen MR) is 317 cm³/mol. The summed E-state index contributed by atoms with van der Waals surface area (Å²) in [7, 11) is 0. The van der Waals surface area contributed by atoms with Crippen LogP contribution in [0.4, 0.5) is 43.7 Å². The Morgan fingerprint density at radius 3 is 1.57 bits per heavy atom. The van der Waals surface area contributed by atoms with E-state index in [1.165, 1.54) is 4.90 Å². The maximum Gasteiger partial charge on any atom is 0.410 e. The van der Waals surface area contributed by atoms with Gasteiger partial charge in [0.25, 0.3) is 11.8 Å². The van der Waals surface area contributed by atoms with Crippen LogP contribution in [0, 0.1) is 0 Å². The standard InChI is InChI=1S/C29H31ClN6O5.C24H26ClN5O3.C5H6BrNO2/c1-29(2,3)41-28(40)34-13-11-16(12-14-34)35-15-20(25(30)33-35)31-19-7-8-21-24-17(19)5-4-6-18(24)27(39)36(21)22-9-10-23(37)32-26(22)38;1-24(2,3)33-23(32)29-11-9-14(10-12-29)30-13-19(21(25)28-30)26-17-7-8-18-20-15(17)5-4-6-16(20)22(31)27-18;6-3-1-2-4(8)7-5(3)9/h4-8,15-16,22,31H,9-14H2,1-3H3,(H,32,37,38);4-8,13-14,26H,9-12H2,1-3H3,(H,27,31);3H,1-2H2,(H,7,8,9). The largest absolute Gasteiger partial charge is 0.444 e. The highest BCUT2D eigenvalue weighted by atomic mass is 79.9. The van der Waals surface area contributed by atoms with Gasteiger partial charge in [-0.1, -0.05) is 63.4 Å². The molecule has 6 aromatic rings. The molecule has 4 aromatic carbocycles. The molecule has 2 atom stereocenters. The van der Waals surface area contributed by atoms with Crippen molar-refractivity contribution >= 4 is 142 Å². The molecule has 4 fully saturated rings. The number of ether oxygens (including phenoxy) is 2. The number of carbonyl (C=O) groups excluding carboxylic acids is 8. The number of carbonyl (C=O) groups is 8. The van der Waals surface area contributed by atoms with Gasteiger partial charge in [-0.2, -0.15) is 10.2 Å². The minimum Gasteiger partial charge on any atom is -0.444 e. The van der Waals surface area contributed by atoms with E-state index in [1.807, 2.05) is 118 Å². The van der Waals surface area contributed by atoms with E-state index >= 15 is 0 Å². The van der Waals surface area contributed by atoms with Crippen molar-refractivity contribution in [3.05, 3.63) is 94.5 Å². The van der Waals surface area contributed by atoms with E-state index in [0.29, 0.717) is 77.5 Å². The highest BCUT2D eigenvalue weighted by molar-refractivity contribution is 9.10. The van der Waals surface area contributed by atoms with Gasteiger partial charge in [0, 0.05) is 88.8 Å². The van der Waals surface area contributed by atoms with E-state index in [9.17, 15) is 38.4 Å². The van der Waals surface area contributed by atoms with Gasteiger partial charge in [0.05, 0.1) is 46.4 Å². The molecule has 436 valence electrons. The lowest BCUT2D eigenvalue weighted by Gasteiger charge is -2.33. The third-order valence-electron chi connectivity index (χ3n) is 14.8. The van der Waals surface area contributed by atoms with Crippen LogP contribution in [0.3, 0.4) is 0 Å². The first kappa shape index (κ1) is 58.4. The summed E-state index contributed by atoms with van der Waals surface area (Å²) in [5, 5.41) is 27.4. The van der Waals surface area contributed by atoms with Crippen LogP contribution in [0.1, 0.15) is 126 Å². The molecule has 0 saturated carbocycles. The number of likely N-dealkylation sites (tertiary alicyclic amines) is 2. The van der Waals surface area contributed by atoms with Crippen molar-refractivity contribution < 1.29 is 47.8 Å². The van der Waals surface area contributed by atoms with Gasteiger partial charge in [-0.3, -0.25) is 53.7 Å². The summed E-state index contributed by atoms with van der Waals surface area (Å²) in [5.74, 6) is -1.53. The predicted octanol–water partition coefficient (Wildman–Crippen LogP) is 10.5. The quantitative estimate of drug-likeness (QED) is 0.0736. The molecule has 6 aliphatic heterocycles. The molecule has 8 amide bonds. The van der Waals surface area contributed by atoms with Crippen molar-refractivity contribution in [2.45, 2.75) is 127 Å². The number of halogens is 3. The highest BCUT2D eigenvalue weighted by Crippen LogP contribution is 2.44. The van der Waals surface area contributed by atoms with Gasteiger partial charge in [0.15, 0.2) is 10.3 Å². The Bertz CT molecular complexity index is 3610. The molecule has 83 heavy (non-hydrogen) atoms. The van der Waals surface area contributed by atoms with Gasteiger partial charge in [0.1, 0.15) is 17.2 Å². The van der Waals surface area contributed by atoms with Crippen LogP contribution >= 0.6 is 39.1 Å². The van der Waals surface area contributed by atoms with Crippen LogP contribution in [0.2, 0.25) is 10.3 Å². The Balaban J connectivity index is 0.000000164. The van der Waals surface area contributed by atoms with Crippen molar-refractivity contribution in [2.24, 2.45) is 0 Å². The number of piperidine rings is 4. The maximum absolute atomic E-state index is 13.4. The summed E-state index contributed by atoms with van der Waals surface area (Å²) >= 11 is 16.1. The van der Waals surface area contributed by atoms with Gasteiger partial charge >= 0.3 is 12.2 Å². The van der Waals surface area contributed by atoms with Gasteiger partial charge in [-0.05, 0) is 116 Å². The molecular formula is C58H63BrCl2N12O10. The normalized spacial score (nSPS) is 19.2. The highest BCUT2D eigenvalue weighted by Gasteiger charge is 2.41. The monoisotopic (exact) mass is 1240 g/mol. The third-order valence-corrected chi connectivity index (χ3v) is 16.3. The number of nitrogens with one attached hydrogen (secondary N) is 5. The average Bonchev–Trinajstić information content (AvgIpc) is 2.20. The summed E-state index contributed by atoms with van der Waals surface area (Å²) in [6.07, 6.45) is 7.68. The van der Waals surface area contributed by atoms with Crippen LogP contribution in [-0.2, 0) is 28.7 Å². The zero-order valence-corrected chi connectivity index (χ0v) is 49.7. The molecule has 25 heteroatoms. The van der Waals surface area contributed by atoms with Crippen LogP contribution in [0.15, 0.2) is 73.1 Å². The number of rotatable bonds is 7. The minimum absolute atomic E-state index is 0.0780. The summed E-state index contributed by atoms with van der Waals surface area (Å²) in [5.41, 5.74) is 4.50. The zero-order chi connectivity index (χ0) is 59.2. The average molecular weight is 1240 g/mol. The van der Waals surface area contributed by atoms with E-state index in [4.69, 9.17) is 32.7 Å². The fourth-order valence-electron chi connectivity index (χ4n) is 10.9. The summed E-state index contributed by atoms with van der Waals surface area (Å²) in [6.45, 7) is 13.5. The number of imide groups is 2. The minimum atomic E-state index is -0.746. The molecule has 12 rings (SSSR count). The number of aromatic nitrogens is 4. The van der Waals surface area contributed by atoms with E-state index in [1.54, 1.807) is 15.9 Å². The lowest BCUT2D eigenvalue weighted by molar-refractivity contribution is -0.135. The molecule has 8 heterocycles. The Labute approximate surface area is 496 Å². The SMILES string of the molecule is CC(C)(C)OC(=O)N1CCC(n2cc(Nc3ccc4c5c(cccc35)C(=O)N4)c(Cl)n2)CC1.CC(C)(C)OC(=O)N1CCC(n2cc(Nc3ccc4c5c(cccc35)C(=O)N4C3CCC(=O)NC3=O)c(Cl)n2)CC1.O=C1CCC(Br)C(=O)N1. The van der Waals surface area contributed by atoms with Crippen molar-refractivity contribution in [2.75, 3.05) is 47.0 Å². The molecular weight excluding hydrogens is 1180 g/mol. The number of hydrogen-bond acceptors (Lipinski definition) is 14. The number of hydrogen-bond donors (Lipinski definition) is 5. The molecule has 4 saturated heterocycles. The fraction of sp³-hybridized carbons (Fsp3) is 0.414. The fourth-order valence-corrected chi connectivity index (χ4v) is 11.6. The van der Waals surface area contributed by atoms with E-state index < -0.39 is 23.2 Å². The molecule has 0 radical (unpaired) electrons. The van der Waals surface area contributed by atoms with Gasteiger partial charge in [0.2, 0.25) is 23.6 Å². The second-order valence-corrected chi connectivity index (χ2v) is 24.9. The Morgan fingerprint density at radius 2 is 1.07 bits per heavy atom. The molecule has 0 spiro atoms. The second-order valence-electron chi connectivity index (χ2n) is 23.0. The number of amides is 8. The van der Waals surface area contributed by atoms with E-state index in [2.05, 4.69) is 52.7 Å². The summed E-state index contributed by atoms with van der Waals surface area (Å²) < 4.78 is 14.7. The van der Waals surface area contributed by atoms with Gasteiger partial charge in [-0.25, -0.2) is 9.59 Å². The zero-order valence-electron chi connectivity index (χ0n) is 46.6. The molecule has 2 aromatic heterocycles. The van der Waals surface area contributed by atoms with Gasteiger partial charge in [-0.15, -0.1) is 0 Å². The van der Waals surface area contributed by atoms with E-state index in [-0.39, 0.29) is 71.5 Å². The molecule has 2 unspecified atom stereocenters. The molecule has 22 nitrogen and oxygen atoms in total. The second kappa shape index (κ2) is 23.5.